The number of carbonyl (C=O) groups excluding carboxylic acids is 2. The van der Waals surface area contributed by atoms with E-state index < -0.39 is 6.09 Å². The van der Waals surface area contributed by atoms with Crippen LogP contribution in [0.4, 0.5) is 10.5 Å². The van der Waals surface area contributed by atoms with Crippen molar-refractivity contribution < 1.29 is 23.8 Å². The third-order valence-corrected chi connectivity index (χ3v) is 3.48. The Kier molecular flexibility index (Phi) is 4.98. The van der Waals surface area contributed by atoms with Crippen LogP contribution in [0.25, 0.3) is 0 Å². The monoisotopic (exact) mass is 343 g/mol. The van der Waals surface area contributed by atoms with E-state index >= 15 is 0 Å². The van der Waals surface area contributed by atoms with E-state index in [1.807, 2.05) is 0 Å². The van der Waals surface area contributed by atoms with Crippen molar-refractivity contribution in [2.24, 2.45) is 0 Å². The molecule has 2 amide bonds. The molecule has 1 aromatic heterocycles. The molecule has 130 valence electrons. The van der Waals surface area contributed by atoms with Gasteiger partial charge >= 0.3 is 6.09 Å². The Morgan fingerprint density at radius 1 is 1.16 bits per heavy atom. The van der Waals surface area contributed by atoms with Crippen LogP contribution in [0.5, 0.6) is 11.5 Å². The van der Waals surface area contributed by atoms with Gasteiger partial charge in [0.25, 0.3) is 5.91 Å². The molecule has 0 bridgehead atoms. The third-order valence-electron chi connectivity index (χ3n) is 3.48. The number of nitrogens with one attached hydrogen (secondary N) is 2. The van der Waals surface area contributed by atoms with Crippen LogP contribution in [-0.4, -0.2) is 37.3 Å². The predicted octanol–water partition coefficient (Wildman–Crippen LogP) is 1.96. The first kappa shape index (κ1) is 16.6. The van der Waals surface area contributed by atoms with Crippen molar-refractivity contribution in [2.45, 2.75) is 6.54 Å². The van der Waals surface area contributed by atoms with Gasteiger partial charge < -0.3 is 24.8 Å². The van der Waals surface area contributed by atoms with E-state index in [0.29, 0.717) is 41.7 Å². The first-order valence-electron chi connectivity index (χ1n) is 7.63. The zero-order chi connectivity index (χ0) is 17.6. The molecule has 1 aromatic carbocycles. The molecule has 1 aliphatic heterocycles. The molecule has 8 nitrogen and oxygen atoms in total. The predicted molar refractivity (Wildman–Crippen MR) is 88.9 cm³/mol. The summed E-state index contributed by atoms with van der Waals surface area (Å²) < 4.78 is 15.4. The van der Waals surface area contributed by atoms with Gasteiger partial charge in [0.2, 0.25) is 0 Å². The van der Waals surface area contributed by atoms with Gasteiger partial charge in [-0.25, -0.2) is 4.79 Å². The number of aromatic nitrogens is 1. The summed E-state index contributed by atoms with van der Waals surface area (Å²) in [5, 5.41) is 5.31. The van der Waals surface area contributed by atoms with Crippen molar-refractivity contribution >= 4 is 17.7 Å². The van der Waals surface area contributed by atoms with Crippen molar-refractivity contribution in [1.29, 1.82) is 0 Å². The number of hydrogen-bond donors (Lipinski definition) is 2. The maximum atomic E-state index is 12.4. The molecule has 8 heteroatoms. The number of benzene rings is 1. The normalized spacial score (nSPS) is 12.2. The SMILES string of the molecule is COC(=O)NCc1cc(C(=O)Nc2ccc3c(c2)OCCO3)ccn1. The van der Waals surface area contributed by atoms with Gasteiger partial charge in [-0.05, 0) is 24.3 Å². The molecule has 0 radical (unpaired) electrons. The number of anilines is 1. The van der Waals surface area contributed by atoms with E-state index in [4.69, 9.17) is 9.47 Å². The molecule has 2 aromatic rings. The lowest BCUT2D eigenvalue weighted by molar-refractivity contribution is 0.102. The Morgan fingerprint density at radius 2 is 1.96 bits per heavy atom. The van der Waals surface area contributed by atoms with Gasteiger partial charge in [0.15, 0.2) is 11.5 Å². The highest BCUT2D eigenvalue weighted by Crippen LogP contribution is 2.32. The van der Waals surface area contributed by atoms with Crippen molar-refractivity contribution in [3.8, 4) is 11.5 Å². The Morgan fingerprint density at radius 3 is 2.76 bits per heavy atom. The lowest BCUT2D eigenvalue weighted by atomic mass is 10.2. The fourth-order valence-corrected chi connectivity index (χ4v) is 2.28. The van der Waals surface area contributed by atoms with Crippen LogP contribution in [-0.2, 0) is 11.3 Å². The standard InChI is InChI=1S/C17H17N3O5/c1-23-17(22)19-10-13-8-11(4-5-18-13)16(21)20-12-2-3-14-15(9-12)25-7-6-24-14/h2-5,8-9H,6-7,10H2,1H3,(H,19,22)(H,20,21). The molecular formula is C17H17N3O5. The number of fused-ring (bicyclic) bond motifs is 1. The molecule has 0 saturated carbocycles. The number of amides is 2. The van der Waals surface area contributed by atoms with Gasteiger partial charge in [-0.3, -0.25) is 9.78 Å². The van der Waals surface area contributed by atoms with Gasteiger partial charge in [-0.2, -0.15) is 0 Å². The average Bonchev–Trinajstić information content (AvgIpc) is 2.66. The minimum absolute atomic E-state index is 0.165. The number of carbonyl (C=O) groups is 2. The van der Waals surface area contributed by atoms with Crippen molar-refractivity contribution in [2.75, 3.05) is 25.6 Å². The number of alkyl carbamates (subject to hydrolysis) is 1. The first-order chi connectivity index (χ1) is 12.2. The van der Waals surface area contributed by atoms with Gasteiger partial charge in [0.05, 0.1) is 19.3 Å². The molecule has 0 spiro atoms. The molecule has 3 rings (SSSR count). The van der Waals surface area contributed by atoms with Crippen LogP contribution in [0, 0.1) is 0 Å². The summed E-state index contributed by atoms with van der Waals surface area (Å²) in [4.78, 5) is 27.6. The fraction of sp³-hybridized carbons (Fsp3) is 0.235. The Bertz CT molecular complexity index is 794. The molecule has 1 aliphatic rings. The highest BCUT2D eigenvalue weighted by atomic mass is 16.6. The van der Waals surface area contributed by atoms with Gasteiger partial charge in [0, 0.05) is 23.5 Å². The van der Waals surface area contributed by atoms with Crippen LogP contribution in [0.3, 0.4) is 0 Å². The Labute approximate surface area is 144 Å². The Balaban J connectivity index is 1.67. The minimum atomic E-state index is -0.562. The lowest BCUT2D eigenvalue weighted by Crippen LogP contribution is -2.23. The molecule has 2 N–H and O–H groups in total. The van der Waals surface area contributed by atoms with Crippen molar-refractivity contribution in [1.82, 2.24) is 10.3 Å². The average molecular weight is 343 g/mol. The summed E-state index contributed by atoms with van der Waals surface area (Å²) in [6.07, 6.45) is 0.945. The van der Waals surface area contributed by atoms with Crippen LogP contribution < -0.4 is 20.1 Å². The van der Waals surface area contributed by atoms with Crippen molar-refractivity contribution in [3.05, 3.63) is 47.8 Å². The number of rotatable bonds is 4. The summed E-state index contributed by atoms with van der Waals surface area (Å²) in [7, 11) is 1.28. The van der Waals surface area contributed by atoms with E-state index in [1.165, 1.54) is 13.3 Å². The highest BCUT2D eigenvalue weighted by Gasteiger charge is 2.14. The lowest BCUT2D eigenvalue weighted by Gasteiger charge is -2.19. The van der Waals surface area contributed by atoms with Gasteiger partial charge in [0.1, 0.15) is 13.2 Å². The topological polar surface area (TPSA) is 98.8 Å². The van der Waals surface area contributed by atoms with Crippen LogP contribution in [0.1, 0.15) is 16.1 Å². The first-order valence-corrected chi connectivity index (χ1v) is 7.63. The van der Waals surface area contributed by atoms with Crippen LogP contribution in [0.2, 0.25) is 0 Å². The summed E-state index contributed by atoms with van der Waals surface area (Å²) in [6, 6.07) is 8.40. The maximum absolute atomic E-state index is 12.4. The Hall–Kier alpha value is -3.29. The molecule has 2 heterocycles. The molecule has 0 unspecified atom stereocenters. The van der Waals surface area contributed by atoms with E-state index in [2.05, 4.69) is 20.4 Å². The molecule has 25 heavy (non-hydrogen) atoms. The van der Waals surface area contributed by atoms with E-state index in [0.717, 1.165) is 0 Å². The second kappa shape index (κ2) is 7.52. The number of ether oxygens (including phenoxy) is 3. The molecular weight excluding hydrogens is 326 g/mol. The largest absolute Gasteiger partial charge is 0.486 e. The van der Waals surface area contributed by atoms with E-state index in [-0.39, 0.29) is 12.5 Å². The van der Waals surface area contributed by atoms with E-state index in [9.17, 15) is 9.59 Å². The summed E-state index contributed by atoms with van der Waals surface area (Å²) >= 11 is 0. The second-order valence-electron chi connectivity index (χ2n) is 5.19. The zero-order valence-electron chi connectivity index (χ0n) is 13.6. The molecule has 0 aliphatic carbocycles. The van der Waals surface area contributed by atoms with Crippen LogP contribution >= 0.6 is 0 Å². The molecule has 0 atom stereocenters. The number of hydrogen-bond acceptors (Lipinski definition) is 6. The fourth-order valence-electron chi connectivity index (χ4n) is 2.28. The van der Waals surface area contributed by atoms with Gasteiger partial charge in [-0.15, -0.1) is 0 Å². The van der Waals surface area contributed by atoms with Crippen LogP contribution in [0.15, 0.2) is 36.5 Å². The summed E-state index contributed by atoms with van der Waals surface area (Å²) in [5.41, 5.74) is 1.56. The molecule has 0 saturated heterocycles. The number of nitrogens with zero attached hydrogens (tertiary/aromatic N) is 1. The highest BCUT2D eigenvalue weighted by molar-refractivity contribution is 6.04. The smallest absolute Gasteiger partial charge is 0.407 e. The molecule has 0 fully saturated rings. The van der Waals surface area contributed by atoms with Crippen molar-refractivity contribution in [3.63, 3.8) is 0 Å². The summed E-state index contributed by atoms with van der Waals surface area (Å²) in [6.45, 7) is 1.15. The maximum Gasteiger partial charge on any atom is 0.407 e. The quantitative estimate of drug-likeness (QED) is 0.880. The van der Waals surface area contributed by atoms with Gasteiger partial charge in [-0.1, -0.05) is 0 Å². The zero-order valence-corrected chi connectivity index (χ0v) is 13.6. The third kappa shape index (κ3) is 4.17. The van der Waals surface area contributed by atoms with E-state index in [1.54, 1.807) is 30.3 Å². The summed E-state index contributed by atoms with van der Waals surface area (Å²) in [5.74, 6) is 0.962. The number of methoxy groups -OCH3 is 1. The minimum Gasteiger partial charge on any atom is -0.486 e. The second-order valence-corrected chi connectivity index (χ2v) is 5.19. The number of pyridine rings is 1.